The molecule has 0 atom stereocenters. The van der Waals surface area contributed by atoms with Gasteiger partial charge in [0.25, 0.3) is 5.91 Å². The largest absolute Gasteiger partial charge is 0.478 e. The van der Waals surface area contributed by atoms with Crippen LogP contribution in [0.3, 0.4) is 0 Å². The molecule has 0 bridgehead atoms. The van der Waals surface area contributed by atoms with Crippen LogP contribution in [0.1, 0.15) is 32.2 Å². The maximum atomic E-state index is 12.6. The third kappa shape index (κ3) is 2.70. The molecule has 1 amide bonds. The number of amides is 1. The predicted molar refractivity (Wildman–Crippen MR) is 82.4 cm³/mol. The smallest absolute Gasteiger partial charge is 0.339 e. The van der Waals surface area contributed by atoms with E-state index in [0.717, 1.165) is 5.39 Å². The van der Waals surface area contributed by atoms with Crippen LogP contribution in [0.2, 0.25) is 0 Å². The zero-order chi connectivity index (χ0) is 16.6. The van der Waals surface area contributed by atoms with E-state index in [1.165, 1.54) is 17.2 Å². The number of benzene rings is 1. The summed E-state index contributed by atoms with van der Waals surface area (Å²) >= 11 is 0. The summed E-state index contributed by atoms with van der Waals surface area (Å²) in [4.78, 5) is 25.1. The maximum Gasteiger partial charge on any atom is 0.339 e. The molecule has 0 aliphatic heterocycles. The van der Waals surface area contributed by atoms with Gasteiger partial charge in [0.15, 0.2) is 0 Å². The van der Waals surface area contributed by atoms with Crippen molar-refractivity contribution in [1.82, 2.24) is 4.90 Å². The Morgan fingerprint density at radius 2 is 1.96 bits per heavy atom. The fraction of sp³-hybridized carbons (Fsp3) is 0.176. The van der Waals surface area contributed by atoms with E-state index < -0.39 is 5.97 Å². The number of fused-ring (bicyclic) bond motifs is 1. The van der Waals surface area contributed by atoms with Crippen LogP contribution in [0.15, 0.2) is 45.4 Å². The van der Waals surface area contributed by atoms with Crippen molar-refractivity contribution in [3.63, 3.8) is 0 Å². The Hall–Kier alpha value is -3.02. The van der Waals surface area contributed by atoms with Gasteiger partial charge in [-0.2, -0.15) is 0 Å². The highest BCUT2D eigenvalue weighted by molar-refractivity contribution is 6.05. The number of carbonyl (C=O) groups is 2. The van der Waals surface area contributed by atoms with Crippen LogP contribution in [0.5, 0.6) is 0 Å². The molecule has 2 aromatic heterocycles. The van der Waals surface area contributed by atoms with Crippen molar-refractivity contribution in [3.8, 4) is 0 Å². The average molecular weight is 313 g/mol. The Morgan fingerprint density at radius 1 is 1.22 bits per heavy atom. The summed E-state index contributed by atoms with van der Waals surface area (Å²) in [7, 11) is 1.63. The molecular formula is C17H15NO5. The fourth-order valence-corrected chi connectivity index (χ4v) is 2.49. The number of rotatable bonds is 4. The number of hydrogen-bond donors (Lipinski definition) is 1. The van der Waals surface area contributed by atoms with Gasteiger partial charge in [-0.1, -0.05) is 18.2 Å². The molecule has 0 radical (unpaired) electrons. The van der Waals surface area contributed by atoms with Gasteiger partial charge in [0.2, 0.25) is 0 Å². The number of para-hydroxylation sites is 1. The highest BCUT2D eigenvalue weighted by Crippen LogP contribution is 2.23. The maximum absolute atomic E-state index is 12.6. The molecule has 1 N–H and O–H groups in total. The highest BCUT2D eigenvalue weighted by atomic mass is 16.4. The van der Waals surface area contributed by atoms with E-state index in [1.807, 2.05) is 18.2 Å². The first-order chi connectivity index (χ1) is 11.0. The Balaban J connectivity index is 1.83. The van der Waals surface area contributed by atoms with Crippen LogP contribution >= 0.6 is 0 Å². The minimum atomic E-state index is -1.05. The molecule has 1 aromatic carbocycles. The summed E-state index contributed by atoms with van der Waals surface area (Å²) in [6, 6.07) is 8.72. The van der Waals surface area contributed by atoms with Crippen molar-refractivity contribution >= 4 is 22.8 Å². The Labute approximate surface area is 131 Å². The molecule has 6 nitrogen and oxygen atoms in total. The Bertz CT molecular complexity index is 889. The molecule has 3 aromatic rings. The standard InChI is InChI=1S/C17H15NO5/c1-10-13(17(20)21)7-11(23-10)8-18(2)16(19)14-9-22-15-6-4-3-5-12(14)15/h3-7,9H,8H2,1-2H3,(H,20,21). The number of furan rings is 2. The van der Waals surface area contributed by atoms with Crippen LogP contribution in [0, 0.1) is 6.92 Å². The van der Waals surface area contributed by atoms with Crippen LogP contribution in [-0.2, 0) is 6.54 Å². The Morgan fingerprint density at radius 3 is 2.65 bits per heavy atom. The summed E-state index contributed by atoms with van der Waals surface area (Å²) in [6.45, 7) is 1.75. The molecule has 0 spiro atoms. The van der Waals surface area contributed by atoms with Crippen LogP contribution in [-0.4, -0.2) is 28.9 Å². The second-order valence-corrected chi connectivity index (χ2v) is 5.29. The molecule has 6 heteroatoms. The third-order valence-electron chi connectivity index (χ3n) is 3.65. The van der Waals surface area contributed by atoms with Crippen LogP contribution in [0.4, 0.5) is 0 Å². The lowest BCUT2D eigenvalue weighted by atomic mass is 10.1. The summed E-state index contributed by atoms with van der Waals surface area (Å²) in [5.74, 6) is -0.529. The second-order valence-electron chi connectivity index (χ2n) is 5.29. The number of nitrogens with zero attached hydrogens (tertiary/aromatic N) is 1. The summed E-state index contributed by atoms with van der Waals surface area (Å²) < 4.78 is 10.8. The van der Waals surface area contributed by atoms with Gasteiger partial charge in [-0.15, -0.1) is 0 Å². The monoisotopic (exact) mass is 313 g/mol. The van der Waals surface area contributed by atoms with Crippen molar-refractivity contribution in [3.05, 3.63) is 59.2 Å². The van der Waals surface area contributed by atoms with Gasteiger partial charge < -0.3 is 18.8 Å². The molecule has 118 valence electrons. The van der Waals surface area contributed by atoms with Crippen molar-refractivity contribution in [2.24, 2.45) is 0 Å². The minimum absolute atomic E-state index is 0.106. The van der Waals surface area contributed by atoms with Gasteiger partial charge in [0.05, 0.1) is 12.1 Å². The van der Waals surface area contributed by atoms with E-state index >= 15 is 0 Å². The van der Waals surface area contributed by atoms with Gasteiger partial charge in [0.1, 0.15) is 28.9 Å². The summed E-state index contributed by atoms with van der Waals surface area (Å²) in [5, 5.41) is 9.78. The van der Waals surface area contributed by atoms with Gasteiger partial charge in [-0.3, -0.25) is 4.79 Å². The number of aryl methyl sites for hydroxylation is 1. The number of carboxylic acids is 1. The van der Waals surface area contributed by atoms with E-state index in [-0.39, 0.29) is 18.0 Å². The molecule has 0 aliphatic rings. The van der Waals surface area contributed by atoms with Crippen molar-refractivity contribution in [2.45, 2.75) is 13.5 Å². The molecule has 0 unspecified atom stereocenters. The summed E-state index contributed by atoms with van der Waals surface area (Å²) in [5.41, 5.74) is 1.21. The second kappa shape index (κ2) is 5.64. The molecule has 0 aliphatic carbocycles. The molecule has 0 fully saturated rings. The van der Waals surface area contributed by atoms with Gasteiger partial charge in [-0.05, 0) is 19.1 Å². The van der Waals surface area contributed by atoms with E-state index in [0.29, 0.717) is 22.7 Å². The summed E-state index contributed by atoms with van der Waals surface area (Å²) in [6.07, 6.45) is 1.43. The van der Waals surface area contributed by atoms with E-state index in [2.05, 4.69) is 0 Å². The zero-order valence-corrected chi connectivity index (χ0v) is 12.7. The lowest BCUT2D eigenvalue weighted by Gasteiger charge is -2.14. The van der Waals surface area contributed by atoms with Crippen molar-refractivity contribution in [2.75, 3.05) is 7.05 Å². The topological polar surface area (TPSA) is 83.9 Å². The van der Waals surface area contributed by atoms with Crippen molar-refractivity contribution in [1.29, 1.82) is 0 Å². The number of hydrogen-bond acceptors (Lipinski definition) is 4. The number of carbonyl (C=O) groups excluding carboxylic acids is 1. The van der Waals surface area contributed by atoms with E-state index in [1.54, 1.807) is 20.0 Å². The van der Waals surface area contributed by atoms with Crippen LogP contribution in [0.25, 0.3) is 11.0 Å². The Kier molecular flexibility index (Phi) is 3.65. The zero-order valence-electron chi connectivity index (χ0n) is 12.7. The van der Waals surface area contributed by atoms with E-state index in [9.17, 15) is 9.59 Å². The first kappa shape index (κ1) is 14.9. The fourth-order valence-electron chi connectivity index (χ4n) is 2.49. The highest BCUT2D eigenvalue weighted by Gasteiger charge is 2.20. The van der Waals surface area contributed by atoms with Crippen LogP contribution < -0.4 is 0 Å². The molecule has 0 saturated heterocycles. The molecule has 3 rings (SSSR count). The first-order valence-electron chi connectivity index (χ1n) is 7.01. The molecular weight excluding hydrogens is 298 g/mol. The predicted octanol–water partition coefficient (Wildman–Crippen LogP) is 3.30. The van der Waals surface area contributed by atoms with Crippen molar-refractivity contribution < 1.29 is 23.5 Å². The lowest BCUT2D eigenvalue weighted by molar-refractivity contribution is 0.0694. The quantitative estimate of drug-likeness (QED) is 0.799. The molecule has 0 saturated carbocycles. The number of carboxylic acid groups (broad SMARTS) is 1. The van der Waals surface area contributed by atoms with Gasteiger partial charge in [-0.25, -0.2) is 4.79 Å². The first-order valence-corrected chi connectivity index (χ1v) is 7.01. The normalized spacial score (nSPS) is 10.9. The average Bonchev–Trinajstić information content (AvgIpc) is 3.10. The third-order valence-corrected chi connectivity index (χ3v) is 3.65. The molecule has 2 heterocycles. The molecule has 23 heavy (non-hydrogen) atoms. The van der Waals surface area contributed by atoms with Gasteiger partial charge in [0, 0.05) is 12.4 Å². The van der Waals surface area contributed by atoms with Gasteiger partial charge >= 0.3 is 5.97 Å². The SMILES string of the molecule is Cc1oc(CN(C)C(=O)c2coc3ccccc23)cc1C(=O)O. The minimum Gasteiger partial charge on any atom is -0.478 e. The lowest BCUT2D eigenvalue weighted by Crippen LogP contribution is -2.25. The number of aromatic carboxylic acids is 1. The van der Waals surface area contributed by atoms with E-state index in [4.69, 9.17) is 13.9 Å².